The van der Waals surface area contributed by atoms with Gasteiger partial charge in [0.25, 0.3) is 0 Å². The van der Waals surface area contributed by atoms with Gasteiger partial charge in [-0.15, -0.1) is 0 Å². The average molecular weight is 370 g/mol. The molecule has 0 bridgehead atoms. The number of rotatable bonds is 5. The van der Waals surface area contributed by atoms with Crippen LogP contribution in [0.25, 0.3) is 0 Å². The molecular formula is C15H14BrClN2S. The lowest BCUT2D eigenvalue weighted by atomic mass is 10.2. The molecule has 0 aliphatic heterocycles. The van der Waals surface area contributed by atoms with Crippen LogP contribution in [-0.4, -0.2) is 11.0 Å². The van der Waals surface area contributed by atoms with Gasteiger partial charge in [0.2, 0.25) is 0 Å². The third-order valence-electron chi connectivity index (χ3n) is 3.10. The van der Waals surface area contributed by atoms with E-state index in [0.717, 1.165) is 16.0 Å². The van der Waals surface area contributed by atoms with Gasteiger partial charge in [0, 0.05) is 28.2 Å². The first-order valence-electron chi connectivity index (χ1n) is 6.52. The van der Waals surface area contributed by atoms with Gasteiger partial charge in [-0.3, -0.25) is 0 Å². The van der Waals surface area contributed by atoms with Gasteiger partial charge >= 0.3 is 0 Å². The molecule has 2 nitrogen and oxygen atoms in total. The Kier molecular flexibility index (Phi) is 4.66. The molecule has 3 rings (SSSR count). The van der Waals surface area contributed by atoms with Crippen LogP contribution in [0.3, 0.4) is 0 Å². The van der Waals surface area contributed by atoms with Gasteiger partial charge in [0.05, 0.1) is 5.02 Å². The van der Waals surface area contributed by atoms with Crippen LogP contribution < -0.4 is 5.32 Å². The maximum absolute atomic E-state index is 5.87. The number of hydrogen-bond donors (Lipinski definition) is 1. The third-order valence-corrected chi connectivity index (χ3v) is 4.88. The highest BCUT2D eigenvalue weighted by Crippen LogP contribution is 2.32. The van der Waals surface area contributed by atoms with Gasteiger partial charge in [-0.05, 0) is 48.7 Å². The Morgan fingerprint density at radius 3 is 2.85 bits per heavy atom. The summed E-state index contributed by atoms with van der Waals surface area (Å²) >= 11 is 11.1. The molecule has 1 aliphatic carbocycles. The Hall–Kier alpha value is -0.550. The summed E-state index contributed by atoms with van der Waals surface area (Å²) < 4.78 is 1.11. The van der Waals surface area contributed by atoms with Crippen LogP contribution in [0.1, 0.15) is 18.4 Å². The number of nitrogens with one attached hydrogen (secondary N) is 1. The van der Waals surface area contributed by atoms with Crippen molar-refractivity contribution < 1.29 is 0 Å². The van der Waals surface area contributed by atoms with E-state index < -0.39 is 0 Å². The third kappa shape index (κ3) is 3.98. The zero-order valence-corrected chi connectivity index (χ0v) is 13.9. The lowest BCUT2D eigenvalue weighted by Gasteiger charge is -2.10. The Bertz CT molecular complexity index is 599. The summed E-state index contributed by atoms with van der Waals surface area (Å²) in [5, 5.41) is 5.19. The van der Waals surface area contributed by atoms with Crippen LogP contribution in [0.4, 0.5) is 0 Å². The maximum atomic E-state index is 5.87. The molecule has 1 N–H and O–H groups in total. The van der Waals surface area contributed by atoms with E-state index >= 15 is 0 Å². The van der Waals surface area contributed by atoms with Gasteiger partial charge in [0.1, 0.15) is 5.03 Å². The van der Waals surface area contributed by atoms with Crippen molar-refractivity contribution in [1.29, 1.82) is 0 Å². The molecule has 1 heterocycles. The SMILES string of the molecule is Clc1ccc(Sc2ccc(Br)cc2CNC2CC2)nc1. The lowest BCUT2D eigenvalue weighted by Crippen LogP contribution is -2.15. The van der Waals surface area contributed by atoms with Crippen LogP contribution >= 0.6 is 39.3 Å². The number of pyridine rings is 1. The minimum Gasteiger partial charge on any atom is -0.310 e. The lowest BCUT2D eigenvalue weighted by molar-refractivity contribution is 0.680. The van der Waals surface area contributed by atoms with Crippen molar-refractivity contribution in [2.45, 2.75) is 35.3 Å². The fraction of sp³-hybridized carbons (Fsp3) is 0.267. The van der Waals surface area contributed by atoms with E-state index in [9.17, 15) is 0 Å². The molecule has 0 unspecified atom stereocenters. The van der Waals surface area contributed by atoms with Crippen molar-refractivity contribution in [1.82, 2.24) is 10.3 Å². The molecular weight excluding hydrogens is 356 g/mol. The number of benzene rings is 1. The van der Waals surface area contributed by atoms with Crippen LogP contribution in [-0.2, 0) is 6.54 Å². The fourth-order valence-corrected chi connectivity index (χ4v) is 3.25. The maximum Gasteiger partial charge on any atom is 0.101 e. The largest absolute Gasteiger partial charge is 0.310 e. The van der Waals surface area contributed by atoms with Crippen molar-refractivity contribution in [3.05, 3.63) is 51.6 Å². The molecule has 1 aromatic heterocycles. The minimum atomic E-state index is 0.667. The standard InChI is InChI=1S/C15H14BrClN2S/c16-11-1-5-14(10(7-11)8-18-13-3-4-13)20-15-6-2-12(17)9-19-15/h1-2,5-7,9,13,18H,3-4,8H2. The Morgan fingerprint density at radius 2 is 2.15 bits per heavy atom. The smallest absolute Gasteiger partial charge is 0.101 e. The summed E-state index contributed by atoms with van der Waals surface area (Å²) in [6.07, 6.45) is 4.29. The quantitative estimate of drug-likeness (QED) is 0.811. The molecule has 1 fully saturated rings. The highest BCUT2D eigenvalue weighted by atomic mass is 79.9. The van der Waals surface area contributed by atoms with E-state index in [-0.39, 0.29) is 0 Å². The summed E-state index contributed by atoms with van der Waals surface area (Å²) in [6, 6.07) is 10.9. The number of aromatic nitrogens is 1. The molecule has 0 atom stereocenters. The fourth-order valence-electron chi connectivity index (χ4n) is 1.86. The van der Waals surface area contributed by atoms with Crippen molar-refractivity contribution >= 4 is 39.3 Å². The van der Waals surface area contributed by atoms with Gasteiger partial charge in [-0.2, -0.15) is 0 Å². The first-order chi connectivity index (χ1) is 9.70. The van der Waals surface area contributed by atoms with Gasteiger partial charge < -0.3 is 5.32 Å². The second-order valence-electron chi connectivity index (χ2n) is 4.82. The summed E-state index contributed by atoms with van der Waals surface area (Å²) in [5.74, 6) is 0. The predicted molar refractivity (Wildman–Crippen MR) is 87.4 cm³/mol. The van der Waals surface area contributed by atoms with Gasteiger partial charge in [-0.25, -0.2) is 4.98 Å². The first kappa shape index (κ1) is 14.4. The molecule has 104 valence electrons. The molecule has 1 saturated carbocycles. The summed E-state index contributed by atoms with van der Waals surface area (Å²) in [7, 11) is 0. The number of halogens is 2. The molecule has 2 aromatic rings. The van der Waals surface area contributed by atoms with Crippen molar-refractivity contribution in [2.24, 2.45) is 0 Å². The highest BCUT2D eigenvalue weighted by Gasteiger charge is 2.20. The van der Waals surface area contributed by atoms with Crippen LogP contribution in [0, 0.1) is 0 Å². The molecule has 0 amide bonds. The predicted octanol–water partition coefficient (Wildman–Crippen LogP) is 4.90. The zero-order chi connectivity index (χ0) is 13.9. The van der Waals surface area contributed by atoms with Gasteiger partial charge in [0.15, 0.2) is 0 Å². The summed E-state index contributed by atoms with van der Waals surface area (Å²) in [5.41, 5.74) is 1.30. The topological polar surface area (TPSA) is 24.9 Å². The van der Waals surface area contributed by atoms with E-state index in [1.165, 1.54) is 23.3 Å². The van der Waals surface area contributed by atoms with E-state index in [1.54, 1.807) is 18.0 Å². The van der Waals surface area contributed by atoms with Crippen molar-refractivity contribution in [3.63, 3.8) is 0 Å². The van der Waals surface area contributed by atoms with Crippen LogP contribution in [0.15, 0.2) is 50.9 Å². The highest BCUT2D eigenvalue weighted by molar-refractivity contribution is 9.10. The minimum absolute atomic E-state index is 0.667. The number of nitrogens with zero attached hydrogens (tertiary/aromatic N) is 1. The van der Waals surface area contributed by atoms with E-state index in [2.05, 4.69) is 44.4 Å². The normalized spacial score (nSPS) is 14.5. The Morgan fingerprint density at radius 1 is 1.30 bits per heavy atom. The van der Waals surface area contributed by atoms with Crippen molar-refractivity contribution in [2.75, 3.05) is 0 Å². The summed E-state index contributed by atoms with van der Waals surface area (Å²) in [4.78, 5) is 5.58. The van der Waals surface area contributed by atoms with Crippen molar-refractivity contribution in [3.8, 4) is 0 Å². The molecule has 0 spiro atoms. The molecule has 0 saturated heterocycles. The van der Waals surface area contributed by atoms with Gasteiger partial charge in [-0.1, -0.05) is 39.3 Å². The second kappa shape index (κ2) is 6.48. The molecule has 0 radical (unpaired) electrons. The molecule has 1 aliphatic rings. The van der Waals surface area contributed by atoms with E-state index in [0.29, 0.717) is 11.1 Å². The second-order valence-corrected chi connectivity index (χ2v) is 7.24. The average Bonchev–Trinajstić information content (AvgIpc) is 3.25. The first-order valence-corrected chi connectivity index (χ1v) is 8.51. The monoisotopic (exact) mass is 368 g/mol. The zero-order valence-electron chi connectivity index (χ0n) is 10.8. The van der Waals surface area contributed by atoms with E-state index in [1.807, 2.05) is 12.1 Å². The molecule has 20 heavy (non-hydrogen) atoms. The number of hydrogen-bond acceptors (Lipinski definition) is 3. The summed E-state index contributed by atoms with van der Waals surface area (Å²) in [6.45, 7) is 0.903. The van der Waals surface area contributed by atoms with E-state index in [4.69, 9.17) is 11.6 Å². The van der Waals surface area contributed by atoms with Crippen LogP contribution in [0.2, 0.25) is 5.02 Å². The molecule has 5 heteroatoms. The van der Waals surface area contributed by atoms with Crippen LogP contribution in [0.5, 0.6) is 0 Å². The Labute approximate surface area is 136 Å². The molecule has 1 aromatic carbocycles. The Balaban J connectivity index is 1.77.